The van der Waals surface area contributed by atoms with Crippen LogP contribution in [0.3, 0.4) is 0 Å². The lowest BCUT2D eigenvalue weighted by atomic mass is 10.2. The molecule has 0 saturated heterocycles. The van der Waals surface area contributed by atoms with Crippen LogP contribution in [0.5, 0.6) is 5.75 Å². The zero-order chi connectivity index (χ0) is 14.3. The lowest BCUT2D eigenvalue weighted by molar-refractivity contribution is -0.138. The fourth-order valence-corrected chi connectivity index (χ4v) is 1.76. The maximum Gasteiger partial charge on any atom is 0.387 e. The van der Waals surface area contributed by atoms with Gasteiger partial charge >= 0.3 is 12.6 Å². The van der Waals surface area contributed by atoms with Gasteiger partial charge in [-0.2, -0.15) is 8.78 Å². The van der Waals surface area contributed by atoms with E-state index in [9.17, 15) is 13.6 Å². The molecule has 0 saturated carbocycles. The quantitative estimate of drug-likeness (QED) is 0.791. The average Bonchev–Trinajstić information content (AvgIpc) is 2.30. The predicted molar refractivity (Wildman–Crippen MR) is 66.3 cm³/mol. The Balaban J connectivity index is 2.61. The van der Waals surface area contributed by atoms with Crippen LogP contribution in [0.25, 0.3) is 0 Å². The van der Waals surface area contributed by atoms with Crippen molar-refractivity contribution in [3.63, 3.8) is 0 Å². The van der Waals surface area contributed by atoms with Crippen molar-refractivity contribution in [1.29, 1.82) is 0 Å². The number of rotatable bonds is 8. The fourth-order valence-electron chi connectivity index (χ4n) is 1.76. The van der Waals surface area contributed by atoms with Crippen LogP contribution in [0.15, 0.2) is 24.3 Å². The van der Waals surface area contributed by atoms with Crippen molar-refractivity contribution in [3.8, 4) is 5.75 Å². The maximum absolute atomic E-state index is 12.0. The van der Waals surface area contributed by atoms with E-state index in [1.54, 1.807) is 17.0 Å². The van der Waals surface area contributed by atoms with E-state index < -0.39 is 12.6 Å². The van der Waals surface area contributed by atoms with Gasteiger partial charge in [0.2, 0.25) is 0 Å². The number of hydrogen-bond donors (Lipinski definition) is 1. The molecule has 6 heteroatoms. The number of benzene rings is 1. The molecule has 0 heterocycles. The van der Waals surface area contributed by atoms with E-state index >= 15 is 0 Å². The number of alkyl halides is 2. The molecular formula is C13H17F2NO3. The molecule has 1 aromatic rings. The van der Waals surface area contributed by atoms with Gasteiger partial charge in [0, 0.05) is 6.54 Å². The molecule has 0 radical (unpaired) electrons. The topological polar surface area (TPSA) is 49.8 Å². The Morgan fingerprint density at radius 3 is 2.47 bits per heavy atom. The second-order valence-corrected chi connectivity index (χ2v) is 4.13. The van der Waals surface area contributed by atoms with Crippen LogP contribution in [0.2, 0.25) is 0 Å². The zero-order valence-electron chi connectivity index (χ0n) is 10.7. The number of carboxylic acids is 1. The molecule has 19 heavy (non-hydrogen) atoms. The van der Waals surface area contributed by atoms with Crippen LogP contribution in [-0.4, -0.2) is 35.7 Å². The second-order valence-electron chi connectivity index (χ2n) is 4.13. The Morgan fingerprint density at radius 1 is 1.37 bits per heavy atom. The predicted octanol–water partition coefficient (Wildman–Crippen LogP) is 2.58. The minimum atomic E-state index is -2.84. The molecule has 1 aromatic carbocycles. The Kier molecular flexibility index (Phi) is 6.21. The first kappa shape index (κ1) is 15.4. The first-order valence-corrected chi connectivity index (χ1v) is 5.99. The van der Waals surface area contributed by atoms with E-state index in [0.717, 1.165) is 12.0 Å². The SMILES string of the molecule is CCCN(CC(=O)O)Cc1ccc(OC(F)F)cc1. The second kappa shape index (κ2) is 7.68. The Morgan fingerprint density at radius 2 is 2.00 bits per heavy atom. The molecule has 4 nitrogen and oxygen atoms in total. The van der Waals surface area contributed by atoms with Gasteiger partial charge in [-0.05, 0) is 30.7 Å². The van der Waals surface area contributed by atoms with Crippen LogP contribution in [0.1, 0.15) is 18.9 Å². The molecule has 0 amide bonds. The fraction of sp³-hybridized carbons (Fsp3) is 0.462. The van der Waals surface area contributed by atoms with Crippen molar-refractivity contribution in [2.24, 2.45) is 0 Å². The summed E-state index contributed by atoms with van der Waals surface area (Å²) in [7, 11) is 0. The summed E-state index contributed by atoms with van der Waals surface area (Å²) >= 11 is 0. The monoisotopic (exact) mass is 273 g/mol. The summed E-state index contributed by atoms with van der Waals surface area (Å²) in [5.41, 5.74) is 0.858. The van der Waals surface area contributed by atoms with Crippen LogP contribution in [0.4, 0.5) is 8.78 Å². The van der Waals surface area contributed by atoms with Crippen molar-refractivity contribution >= 4 is 5.97 Å². The largest absolute Gasteiger partial charge is 0.480 e. The van der Waals surface area contributed by atoms with Crippen molar-refractivity contribution in [2.75, 3.05) is 13.1 Å². The maximum atomic E-state index is 12.0. The van der Waals surface area contributed by atoms with E-state index in [4.69, 9.17) is 5.11 Å². The summed E-state index contributed by atoms with van der Waals surface area (Å²) in [6.45, 7) is 0.225. The van der Waals surface area contributed by atoms with E-state index in [-0.39, 0.29) is 12.3 Å². The molecule has 0 unspecified atom stereocenters. The van der Waals surface area contributed by atoms with Gasteiger partial charge in [0.15, 0.2) is 0 Å². The summed E-state index contributed by atoms with van der Waals surface area (Å²) in [5, 5.41) is 8.79. The number of carbonyl (C=O) groups is 1. The molecule has 1 rings (SSSR count). The third-order valence-electron chi connectivity index (χ3n) is 2.45. The van der Waals surface area contributed by atoms with E-state index in [0.29, 0.717) is 13.1 Å². The van der Waals surface area contributed by atoms with Crippen molar-refractivity contribution in [3.05, 3.63) is 29.8 Å². The minimum Gasteiger partial charge on any atom is -0.480 e. The highest BCUT2D eigenvalue weighted by Gasteiger charge is 2.10. The van der Waals surface area contributed by atoms with Gasteiger partial charge < -0.3 is 9.84 Å². The van der Waals surface area contributed by atoms with Gasteiger partial charge in [0.25, 0.3) is 0 Å². The molecule has 0 aromatic heterocycles. The normalized spacial score (nSPS) is 11.0. The number of aliphatic carboxylic acids is 1. The molecule has 1 N–H and O–H groups in total. The van der Waals surface area contributed by atoms with Crippen LogP contribution < -0.4 is 4.74 Å². The highest BCUT2D eigenvalue weighted by atomic mass is 19.3. The van der Waals surface area contributed by atoms with Crippen molar-refractivity contribution in [2.45, 2.75) is 26.5 Å². The van der Waals surface area contributed by atoms with Gasteiger partial charge in [-0.15, -0.1) is 0 Å². The number of ether oxygens (including phenoxy) is 1. The first-order valence-electron chi connectivity index (χ1n) is 5.99. The summed E-state index contributed by atoms with van der Waals surface area (Å²) in [5.74, 6) is -0.787. The highest BCUT2D eigenvalue weighted by Crippen LogP contribution is 2.16. The molecular weight excluding hydrogens is 256 g/mol. The molecule has 0 aliphatic carbocycles. The standard InChI is InChI=1S/C13H17F2NO3/c1-2-7-16(9-12(17)18)8-10-3-5-11(6-4-10)19-13(14)15/h3-6,13H,2,7-9H2,1H3,(H,17,18). The number of nitrogens with zero attached hydrogens (tertiary/aromatic N) is 1. The van der Waals surface area contributed by atoms with Crippen molar-refractivity contribution < 1.29 is 23.4 Å². The molecule has 106 valence electrons. The minimum absolute atomic E-state index is 0.0386. The van der Waals surface area contributed by atoms with E-state index in [2.05, 4.69) is 4.74 Å². The van der Waals surface area contributed by atoms with Gasteiger partial charge in [0.05, 0.1) is 6.54 Å². The average molecular weight is 273 g/mol. The molecule has 0 atom stereocenters. The summed E-state index contributed by atoms with van der Waals surface area (Å²) < 4.78 is 28.2. The summed E-state index contributed by atoms with van der Waals surface area (Å²) in [6, 6.07) is 6.21. The first-order chi connectivity index (χ1) is 9.01. The third kappa shape index (κ3) is 6.15. The summed E-state index contributed by atoms with van der Waals surface area (Å²) in [4.78, 5) is 12.5. The molecule has 0 spiro atoms. The zero-order valence-corrected chi connectivity index (χ0v) is 10.7. The van der Waals surface area contributed by atoms with Gasteiger partial charge in [-0.1, -0.05) is 19.1 Å². The molecule has 0 fully saturated rings. The molecule has 0 bridgehead atoms. The van der Waals surface area contributed by atoms with Crippen LogP contribution in [-0.2, 0) is 11.3 Å². The molecule has 0 aliphatic heterocycles. The highest BCUT2D eigenvalue weighted by molar-refractivity contribution is 5.69. The van der Waals surface area contributed by atoms with Gasteiger partial charge in [-0.3, -0.25) is 9.69 Å². The Labute approximate surface area is 110 Å². The third-order valence-corrected chi connectivity index (χ3v) is 2.45. The van der Waals surface area contributed by atoms with Crippen molar-refractivity contribution in [1.82, 2.24) is 4.90 Å². The van der Waals surface area contributed by atoms with E-state index in [1.807, 2.05) is 6.92 Å². The molecule has 0 aliphatic rings. The Hall–Kier alpha value is -1.69. The summed E-state index contributed by atoms with van der Waals surface area (Å²) in [6.07, 6.45) is 0.847. The van der Waals surface area contributed by atoms with Crippen LogP contribution in [0, 0.1) is 0 Å². The lowest BCUT2D eigenvalue weighted by Crippen LogP contribution is -2.30. The Bertz CT molecular complexity index is 395. The van der Waals surface area contributed by atoms with Crippen LogP contribution >= 0.6 is 0 Å². The lowest BCUT2D eigenvalue weighted by Gasteiger charge is -2.19. The van der Waals surface area contributed by atoms with Gasteiger partial charge in [0.1, 0.15) is 5.75 Å². The number of carboxylic acid groups (broad SMARTS) is 1. The smallest absolute Gasteiger partial charge is 0.387 e. The number of halogens is 2. The van der Waals surface area contributed by atoms with E-state index in [1.165, 1.54) is 12.1 Å². The van der Waals surface area contributed by atoms with Gasteiger partial charge in [-0.25, -0.2) is 0 Å². The number of hydrogen-bond acceptors (Lipinski definition) is 3.